The molecular formula is C19H21FN2O2S. The number of hydrogen-bond acceptors (Lipinski definition) is 4. The Labute approximate surface area is 147 Å². The van der Waals surface area contributed by atoms with E-state index in [2.05, 4.69) is 17.6 Å². The number of fused-ring (bicyclic) bond motifs is 3. The summed E-state index contributed by atoms with van der Waals surface area (Å²) in [5.41, 5.74) is 2.07. The normalized spacial score (nSPS) is 25.6. The molecule has 2 unspecified atom stereocenters. The molecule has 3 atom stereocenters. The van der Waals surface area contributed by atoms with Crippen molar-refractivity contribution in [3.05, 3.63) is 53.8 Å². The molecule has 6 heteroatoms. The fourth-order valence-electron chi connectivity index (χ4n) is 3.96. The van der Waals surface area contributed by atoms with E-state index in [0.717, 1.165) is 36.7 Å². The SMILES string of the molecule is CC1CC2Nc3ccc(S(=O)(=O)c4cccc(F)c4)cc3[C@@H]2CCN1. The third-order valence-electron chi connectivity index (χ3n) is 5.22. The zero-order valence-corrected chi connectivity index (χ0v) is 14.8. The summed E-state index contributed by atoms with van der Waals surface area (Å²) in [4.78, 5) is 0.218. The zero-order chi connectivity index (χ0) is 17.6. The molecule has 4 nitrogen and oxygen atoms in total. The van der Waals surface area contributed by atoms with Crippen molar-refractivity contribution in [1.82, 2.24) is 5.32 Å². The third kappa shape index (κ3) is 2.93. The van der Waals surface area contributed by atoms with Crippen LogP contribution in [0.2, 0.25) is 0 Å². The number of sulfone groups is 1. The molecule has 2 heterocycles. The fourth-order valence-corrected chi connectivity index (χ4v) is 5.29. The molecule has 0 bridgehead atoms. The van der Waals surface area contributed by atoms with Crippen LogP contribution in [-0.2, 0) is 9.84 Å². The molecule has 1 fully saturated rings. The molecule has 2 aromatic carbocycles. The van der Waals surface area contributed by atoms with E-state index in [4.69, 9.17) is 0 Å². The Morgan fingerprint density at radius 2 is 1.92 bits per heavy atom. The molecule has 2 N–H and O–H groups in total. The van der Waals surface area contributed by atoms with Crippen LogP contribution in [0.5, 0.6) is 0 Å². The Bertz CT molecular complexity index is 913. The Morgan fingerprint density at radius 1 is 1.12 bits per heavy atom. The Balaban J connectivity index is 1.73. The van der Waals surface area contributed by atoms with E-state index in [1.165, 1.54) is 18.2 Å². The van der Waals surface area contributed by atoms with Gasteiger partial charge >= 0.3 is 0 Å². The van der Waals surface area contributed by atoms with E-state index in [-0.39, 0.29) is 9.79 Å². The van der Waals surface area contributed by atoms with E-state index < -0.39 is 15.7 Å². The van der Waals surface area contributed by atoms with Crippen LogP contribution in [-0.4, -0.2) is 27.0 Å². The monoisotopic (exact) mass is 360 g/mol. The van der Waals surface area contributed by atoms with Crippen molar-refractivity contribution >= 4 is 15.5 Å². The van der Waals surface area contributed by atoms with Gasteiger partial charge in [-0.15, -0.1) is 0 Å². The first-order chi connectivity index (χ1) is 11.9. The number of rotatable bonds is 2. The maximum Gasteiger partial charge on any atom is 0.206 e. The average molecular weight is 360 g/mol. The zero-order valence-electron chi connectivity index (χ0n) is 14.0. The molecule has 4 rings (SSSR count). The summed E-state index contributed by atoms with van der Waals surface area (Å²) in [6.07, 6.45) is 1.98. The molecule has 132 valence electrons. The van der Waals surface area contributed by atoms with Gasteiger partial charge in [-0.25, -0.2) is 12.8 Å². The van der Waals surface area contributed by atoms with E-state index in [1.807, 2.05) is 6.07 Å². The second kappa shape index (κ2) is 6.11. The average Bonchev–Trinajstić information content (AvgIpc) is 2.80. The standard InChI is InChI=1S/C19H21FN2O2S/c1-12-9-19-16(7-8-21-12)17-11-15(5-6-18(17)22-19)25(23,24)14-4-2-3-13(20)10-14/h2-6,10-12,16,19,21-22H,7-9H2,1H3/t12?,16-,19?/m0/s1. The van der Waals surface area contributed by atoms with Crippen LogP contribution in [0.25, 0.3) is 0 Å². The molecule has 0 amide bonds. The molecule has 0 aliphatic carbocycles. The lowest BCUT2D eigenvalue weighted by Crippen LogP contribution is -2.28. The Morgan fingerprint density at radius 3 is 2.72 bits per heavy atom. The smallest absolute Gasteiger partial charge is 0.206 e. The number of anilines is 1. The van der Waals surface area contributed by atoms with Gasteiger partial charge < -0.3 is 10.6 Å². The Kier molecular flexibility index (Phi) is 4.04. The predicted octanol–water partition coefficient (Wildman–Crippen LogP) is 3.31. The molecule has 2 aromatic rings. The summed E-state index contributed by atoms with van der Waals surface area (Å²) in [5, 5.41) is 7.02. The van der Waals surface area contributed by atoms with Crippen LogP contribution in [0, 0.1) is 5.82 Å². The highest BCUT2D eigenvalue weighted by molar-refractivity contribution is 7.91. The van der Waals surface area contributed by atoms with Gasteiger partial charge in [-0.1, -0.05) is 6.07 Å². The summed E-state index contributed by atoms with van der Waals surface area (Å²) in [6.45, 7) is 3.09. The van der Waals surface area contributed by atoms with Crippen LogP contribution in [0.4, 0.5) is 10.1 Å². The number of benzene rings is 2. The number of halogens is 1. The quantitative estimate of drug-likeness (QED) is 0.863. The summed E-state index contributed by atoms with van der Waals surface area (Å²) in [7, 11) is -3.72. The molecule has 2 aliphatic heterocycles. The van der Waals surface area contributed by atoms with E-state index in [9.17, 15) is 12.8 Å². The minimum absolute atomic E-state index is 0.00823. The Hall–Kier alpha value is -1.92. The van der Waals surface area contributed by atoms with Gasteiger partial charge in [-0.3, -0.25) is 0 Å². The first kappa shape index (κ1) is 16.5. The third-order valence-corrected chi connectivity index (χ3v) is 6.97. The molecule has 2 aliphatic rings. The van der Waals surface area contributed by atoms with Gasteiger partial charge in [-0.2, -0.15) is 0 Å². The van der Waals surface area contributed by atoms with Crippen LogP contribution in [0.1, 0.15) is 31.2 Å². The maximum absolute atomic E-state index is 13.5. The molecule has 25 heavy (non-hydrogen) atoms. The maximum atomic E-state index is 13.5. The molecule has 0 saturated carbocycles. The van der Waals surface area contributed by atoms with Crippen molar-refractivity contribution in [1.29, 1.82) is 0 Å². The minimum Gasteiger partial charge on any atom is -0.381 e. The van der Waals surface area contributed by atoms with Crippen molar-refractivity contribution < 1.29 is 12.8 Å². The van der Waals surface area contributed by atoms with Crippen molar-refractivity contribution in [3.63, 3.8) is 0 Å². The summed E-state index contributed by atoms with van der Waals surface area (Å²) < 4.78 is 39.2. The first-order valence-electron chi connectivity index (χ1n) is 8.59. The fraction of sp³-hybridized carbons (Fsp3) is 0.368. The van der Waals surface area contributed by atoms with E-state index in [1.54, 1.807) is 12.1 Å². The molecular weight excluding hydrogens is 339 g/mol. The van der Waals surface area contributed by atoms with Gasteiger partial charge in [-0.05, 0) is 68.3 Å². The van der Waals surface area contributed by atoms with Crippen molar-refractivity contribution in [3.8, 4) is 0 Å². The summed E-state index contributed by atoms with van der Waals surface area (Å²) in [6, 6.07) is 11.2. The summed E-state index contributed by atoms with van der Waals surface area (Å²) in [5.74, 6) is -0.247. The van der Waals surface area contributed by atoms with Gasteiger partial charge in [0, 0.05) is 23.7 Å². The van der Waals surface area contributed by atoms with Crippen molar-refractivity contribution in [2.45, 2.75) is 47.6 Å². The van der Waals surface area contributed by atoms with Crippen molar-refractivity contribution in [2.24, 2.45) is 0 Å². The van der Waals surface area contributed by atoms with Gasteiger partial charge in [0.05, 0.1) is 9.79 Å². The van der Waals surface area contributed by atoms with Crippen LogP contribution in [0.15, 0.2) is 52.3 Å². The molecule has 0 radical (unpaired) electrons. The highest BCUT2D eigenvalue weighted by atomic mass is 32.2. The van der Waals surface area contributed by atoms with Gasteiger partial charge in [0.15, 0.2) is 0 Å². The van der Waals surface area contributed by atoms with Gasteiger partial charge in [0.25, 0.3) is 0 Å². The van der Waals surface area contributed by atoms with Crippen LogP contribution < -0.4 is 10.6 Å². The summed E-state index contributed by atoms with van der Waals surface area (Å²) >= 11 is 0. The lowest BCUT2D eigenvalue weighted by molar-refractivity contribution is 0.521. The van der Waals surface area contributed by atoms with Gasteiger partial charge in [0.1, 0.15) is 5.82 Å². The predicted molar refractivity (Wildman–Crippen MR) is 95.1 cm³/mol. The van der Waals surface area contributed by atoms with Crippen LogP contribution >= 0.6 is 0 Å². The largest absolute Gasteiger partial charge is 0.381 e. The molecule has 1 saturated heterocycles. The first-order valence-corrected chi connectivity index (χ1v) is 10.1. The van der Waals surface area contributed by atoms with Gasteiger partial charge in [0.2, 0.25) is 9.84 Å². The van der Waals surface area contributed by atoms with Crippen LogP contribution in [0.3, 0.4) is 0 Å². The number of hydrogen-bond donors (Lipinski definition) is 2. The van der Waals surface area contributed by atoms with E-state index in [0.29, 0.717) is 18.0 Å². The highest BCUT2D eigenvalue weighted by Crippen LogP contribution is 2.42. The number of nitrogens with one attached hydrogen (secondary N) is 2. The van der Waals surface area contributed by atoms with E-state index >= 15 is 0 Å². The second-order valence-electron chi connectivity index (χ2n) is 6.95. The lowest BCUT2D eigenvalue weighted by atomic mass is 9.90. The topological polar surface area (TPSA) is 58.2 Å². The second-order valence-corrected chi connectivity index (χ2v) is 8.90. The molecule has 0 aromatic heterocycles. The molecule has 0 spiro atoms. The highest BCUT2D eigenvalue weighted by Gasteiger charge is 2.35. The lowest BCUT2D eigenvalue weighted by Gasteiger charge is -2.18. The van der Waals surface area contributed by atoms with Crippen molar-refractivity contribution in [2.75, 3.05) is 11.9 Å². The minimum atomic E-state index is -3.72.